The molecule has 0 spiro atoms. The third-order valence-corrected chi connectivity index (χ3v) is 3.87. The monoisotopic (exact) mass is 311 g/mol. The van der Waals surface area contributed by atoms with Crippen LogP contribution < -0.4 is 10.1 Å². The van der Waals surface area contributed by atoms with Gasteiger partial charge in [-0.25, -0.2) is 0 Å². The van der Waals surface area contributed by atoms with E-state index in [2.05, 4.69) is 38.2 Å². The minimum atomic E-state index is -0.136. The van der Waals surface area contributed by atoms with Gasteiger partial charge in [0.1, 0.15) is 5.75 Å². The minimum absolute atomic E-state index is 0.0129. The van der Waals surface area contributed by atoms with Crippen LogP contribution in [-0.2, 0) is 11.2 Å². The SMILES string of the molecule is CCc1cccc(OCC(=O)Nc2c(C)cccc2C(C)C)c1. The number of para-hydroxylation sites is 1. The molecule has 0 saturated heterocycles. The van der Waals surface area contributed by atoms with Gasteiger partial charge in [-0.1, -0.05) is 51.1 Å². The highest BCUT2D eigenvalue weighted by atomic mass is 16.5. The molecule has 1 amide bonds. The van der Waals surface area contributed by atoms with Crippen molar-refractivity contribution >= 4 is 11.6 Å². The first-order valence-electron chi connectivity index (χ1n) is 8.12. The number of carbonyl (C=O) groups excluding carboxylic acids is 1. The molecule has 0 heterocycles. The highest BCUT2D eigenvalue weighted by Crippen LogP contribution is 2.27. The fraction of sp³-hybridized carbons (Fsp3) is 0.350. The number of hydrogen-bond acceptors (Lipinski definition) is 2. The normalized spacial score (nSPS) is 10.7. The van der Waals surface area contributed by atoms with Gasteiger partial charge in [-0.05, 0) is 48.1 Å². The average Bonchev–Trinajstić information content (AvgIpc) is 2.54. The first kappa shape index (κ1) is 17.1. The molecule has 2 aromatic rings. The summed E-state index contributed by atoms with van der Waals surface area (Å²) in [5.41, 5.74) is 4.31. The summed E-state index contributed by atoms with van der Waals surface area (Å²) in [5, 5.41) is 3.00. The number of benzene rings is 2. The number of aryl methyl sites for hydroxylation is 2. The second kappa shape index (κ2) is 7.82. The van der Waals surface area contributed by atoms with Gasteiger partial charge < -0.3 is 10.1 Å². The fourth-order valence-electron chi connectivity index (χ4n) is 2.52. The Morgan fingerprint density at radius 1 is 1.17 bits per heavy atom. The van der Waals surface area contributed by atoms with Crippen molar-refractivity contribution in [3.63, 3.8) is 0 Å². The van der Waals surface area contributed by atoms with E-state index in [0.29, 0.717) is 5.92 Å². The molecule has 3 heteroatoms. The van der Waals surface area contributed by atoms with Crippen molar-refractivity contribution in [2.75, 3.05) is 11.9 Å². The van der Waals surface area contributed by atoms with Crippen molar-refractivity contribution in [1.82, 2.24) is 0 Å². The molecule has 1 N–H and O–H groups in total. The predicted molar refractivity (Wildman–Crippen MR) is 95.2 cm³/mol. The summed E-state index contributed by atoms with van der Waals surface area (Å²) in [6, 6.07) is 13.9. The lowest BCUT2D eigenvalue weighted by Gasteiger charge is -2.16. The number of hydrogen-bond donors (Lipinski definition) is 1. The molecule has 0 aliphatic rings. The molecule has 0 aromatic heterocycles. The van der Waals surface area contributed by atoms with Crippen LogP contribution in [0.4, 0.5) is 5.69 Å². The van der Waals surface area contributed by atoms with Crippen LogP contribution in [0.2, 0.25) is 0 Å². The number of amides is 1. The van der Waals surface area contributed by atoms with E-state index in [1.165, 1.54) is 5.56 Å². The Bertz CT molecular complexity index is 677. The summed E-state index contributed by atoms with van der Waals surface area (Å²) in [4.78, 5) is 12.2. The molecular weight excluding hydrogens is 286 g/mol. The summed E-state index contributed by atoms with van der Waals surface area (Å²) < 4.78 is 5.61. The minimum Gasteiger partial charge on any atom is -0.484 e. The lowest BCUT2D eigenvalue weighted by Crippen LogP contribution is -2.21. The molecule has 0 atom stereocenters. The van der Waals surface area contributed by atoms with Crippen LogP contribution in [0.3, 0.4) is 0 Å². The lowest BCUT2D eigenvalue weighted by molar-refractivity contribution is -0.118. The van der Waals surface area contributed by atoms with E-state index in [-0.39, 0.29) is 12.5 Å². The molecule has 0 aliphatic heterocycles. The zero-order valence-electron chi connectivity index (χ0n) is 14.3. The Kier molecular flexibility index (Phi) is 5.80. The quantitative estimate of drug-likeness (QED) is 0.840. The highest BCUT2D eigenvalue weighted by molar-refractivity contribution is 5.93. The summed E-state index contributed by atoms with van der Waals surface area (Å²) in [6.45, 7) is 8.36. The molecule has 23 heavy (non-hydrogen) atoms. The van der Waals surface area contributed by atoms with Gasteiger partial charge in [0.15, 0.2) is 6.61 Å². The standard InChI is InChI=1S/C20H25NO2/c1-5-16-9-7-10-17(12-16)23-13-19(22)21-20-15(4)8-6-11-18(20)14(2)3/h6-12,14H,5,13H2,1-4H3,(H,21,22). The zero-order chi connectivity index (χ0) is 16.8. The largest absolute Gasteiger partial charge is 0.484 e. The maximum absolute atomic E-state index is 12.2. The van der Waals surface area contributed by atoms with E-state index < -0.39 is 0 Å². The molecule has 3 nitrogen and oxygen atoms in total. The van der Waals surface area contributed by atoms with Gasteiger partial charge >= 0.3 is 0 Å². The molecule has 0 unspecified atom stereocenters. The molecule has 2 aromatic carbocycles. The van der Waals surface area contributed by atoms with Gasteiger partial charge in [-0.3, -0.25) is 4.79 Å². The Hall–Kier alpha value is -2.29. The maximum Gasteiger partial charge on any atom is 0.262 e. The van der Waals surface area contributed by atoms with Gasteiger partial charge in [-0.15, -0.1) is 0 Å². The number of ether oxygens (including phenoxy) is 1. The van der Waals surface area contributed by atoms with E-state index in [9.17, 15) is 4.79 Å². The average molecular weight is 311 g/mol. The Morgan fingerprint density at radius 2 is 1.91 bits per heavy atom. The van der Waals surface area contributed by atoms with Crippen LogP contribution in [0, 0.1) is 6.92 Å². The maximum atomic E-state index is 12.2. The van der Waals surface area contributed by atoms with E-state index >= 15 is 0 Å². The number of carbonyl (C=O) groups is 1. The van der Waals surface area contributed by atoms with E-state index in [0.717, 1.165) is 29.0 Å². The third-order valence-electron chi connectivity index (χ3n) is 3.87. The second-order valence-electron chi connectivity index (χ2n) is 6.03. The Labute approximate surface area is 138 Å². The van der Waals surface area contributed by atoms with Gasteiger partial charge in [0.05, 0.1) is 0 Å². The van der Waals surface area contributed by atoms with Crippen molar-refractivity contribution in [3.8, 4) is 5.75 Å². The van der Waals surface area contributed by atoms with Crippen molar-refractivity contribution in [2.45, 2.75) is 40.0 Å². The first-order valence-corrected chi connectivity index (χ1v) is 8.12. The first-order chi connectivity index (χ1) is 11.0. The summed E-state index contributed by atoms with van der Waals surface area (Å²) >= 11 is 0. The van der Waals surface area contributed by atoms with Crippen LogP contribution in [0.25, 0.3) is 0 Å². The van der Waals surface area contributed by atoms with Crippen LogP contribution >= 0.6 is 0 Å². The van der Waals surface area contributed by atoms with Crippen molar-refractivity contribution in [1.29, 1.82) is 0 Å². The van der Waals surface area contributed by atoms with Gasteiger partial charge in [0, 0.05) is 5.69 Å². The van der Waals surface area contributed by atoms with Crippen LogP contribution in [0.15, 0.2) is 42.5 Å². The summed E-state index contributed by atoms with van der Waals surface area (Å²) in [5.74, 6) is 0.948. The molecule has 122 valence electrons. The van der Waals surface area contributed by atoms with E-state index in [4.69, 9.17) is 4.74 Å². The molecule has 0 bridgehead atoms. The molecule has 2 rings (SSSR count). The zero-order valence-corrected chi connectivity index (χ0v) is 14.3. The topological polar surface area (TPSA) is 38.3 Å². The predicted octanol–water partition coefficient (Wildman–Crippen LogP) is 4.70. The number of rotatable bonds is 6. The smallest absolute Gasteiger partial charge is 0.262 e. The molecule has 0 saturated carbocycles. The van der Waals surface area contributed by atoms with Crippen LogP contribution in [0.1, 0.15) is 43.4 Å². The van der Waals surface area contributed by atoms with Gasteiger partial charge in [0.25, 0.3) is 5.91 Å². The van der Waals surface area contributed by atoms with E-state index in [1.54, 1.807) is 0 Å². The second-order valence-corrected chi connectivity index (χ2v) is 6.03. The Balaban J connectivity index is 2.03. The van der Waals surface area contributed by atoms with Crippen molar-refractivity contribution in [3.05, 3.63) is 59.2 Å². The van der Waals surface area contributed by atoms with Crippen LogP contribution in [0.5, 0.6) is 5.75 Å². The third kappa shape index (κ3) is 4.59. The molecular formula is C20H25NO2. The number of anilines is 1. The Morgan fingerprint density at radius 3 is 2.61 bits per heavy atom. The van der Waals surface area contributed by atoms with Crippen molar-refractivity contribution in [2.24, 2.45) is 0 Å². The number of nitrogens with one attached hydrogen (secondary N) is 1. The van der Waals surface area contributed by atoms with Gasteiger partial charge in [0.2, 0.25) is 0 Å². The summed E-state index contributed by atoms with van der Waals surface area (Å²) in [6.07, 6.45) is 0.949. The molecule has 0 radical (unpaired) electrons. The van der Waals surface area contributed by atoms with Gasteiger partial charge in [-0.2, -0.15) is 0 Å². The van der Waals surface area contributed by atoms with Crippen molar-refractivity contribution < 1.29 is 9.53 Å². The molecule has 0 fully saturated rings. The molecule has 0 aliphatic carbocycles. The summed E-state index contributed by atoms with van der Waals surface area (Å²) in [7, 11) is 0. The highest BCUT2D eigenvalue weighted by Gasteiger charge is 2.12. The fourth-order valence-corrected chi connectivity index (χ4v) is 2.52. The van der Waals surface area contributed by atoms with E-state index in [1.807, 2.05) is 37.3 Å². The van der Waals surface area contributed by atoms with Crippen LogP contribution in [-0.4, -0.2) is 12.5 Å². The lowest BCUT2D eigenvalue weighted by atomic mass is 9.98.